The van der Waals surface area contributed by atoms with Gasteiger partial charge in [-0.15, -0.1) is 0 Å². The van der Waals surface area contributed by atoms with Gasteiger partial charge in [0.2, 0.25) is 0 Å². The van der Waals surface area contributed by atoms with E-state index in [2.05, 4.69) is 20.6 Å². The lowest BCUT2D eigenvalue weighted by Gasteiger charge is -2.23. The number of carbonyl (C=O) groups is 1. The first-order valence-corrected chi connectivity index (χ1v) is 11.4. The van der Waals surface area contributed by atoms with Crippen LogP contribution in [-0.2, 0) is 0 Å². The maximum absolute atomic E-state index is 13.0. The molecular formula is C26H31N5O. The molecule has 3 aromatic rings. The zero-order valence-electron chi connectivity index (χ0n) is 19.1. The quantitative estimate of drug-likeness (QED) is 0.561. The van der Waals surface area contributed by atoms with Gasteiger partial charge in [-0.1, -0.05) is 19.3 Å². The first kappa shape index (κ1) is 21.9. The van der Waals surface area contributed by atoms with Crippen molar-refractivity contribution in [3.05, 3.63) is 60.6 Å². The van der Waals surface area contributed by atoms with Crippen LogP contribution >= 0.6 is 0 Å². The molecule has 0 aromatic carbocycles. The monoisotopic (exact) mass is 429 g/mol. The van der Waals surface area contributed by atoms with E-state index in [4.69, 9.17) is 4.98 Å². The third kappa shape index (κ3) is 5.69. The largest absolute Gasteiger partial charge is 0.367 e. The lowest BCUT2D eigenvalue weighted by Crippen LogP contribution is -2.40. The Morgan fingerprint density at radius 3 is 2.25 bits per heavy atom. The molecule has 0 radical (unpaired) electrons. The summed E-state index contributed by atoms with van der Waals surface area (Å²) >= 11 is 0. The van der Waals surface area contributed by atoms with Crippen LogP contribution in [0.3, 0.4) is 0 Å². The van der Waals surface area contributed by atoms with Gasteiger partial charge in [-0.05, 0) is 70.0 Å². The minimum Gasteiger partial charge on any atom is -0.367 e. The smallest absolute Gasteiger partial charge is 0.251 e. The highest BCUT2D eigenvalue weighted by atomic mass is 16.1. The van der Waals surface area contributed by atoms with Crippen LogP contribution in [0.15, 0.2) is 55.0 Å². The summed E-state index contributed by atoms with van der Waals surface area (Å²) in [5, 5.41) is 6.63. The molecule has 6 heteroatoms. The third-order valence-electron chi connectivity index (χ3n) is 5.57. The van der Waals surface area contributed by atoms with Crippen LogP contribution in [0.25, 0.3) is 22.5 Å². The van der Waals surface area contributed by atoms with Gasteiger partial charge < -0.3 is 10.6 Å². The minimum absolute atomic E-state index is 0.119. The van der Waals surface area contributed by atoms with E-state index >= 15 is 0 Å². The topological polar surface area (TPSA) is 79.8 Å². The van der Waals surface area contributed by atoms with Crippen molar-refractivity contribution in [2.24, 2.45) is 0 Å². The Morgan fingerprint density at radius 2 is 1.56 bits per heavy atom. The number of hydrogen-bond donors (Lipinski definition) is 2. The summed E-state index contributed by atoms with van der Waals surface area (Å²) in [6, 6.07) is 11.9. The van der Waals surface area contributed by atoms with E-state index in [1.807, 2.05) is 57.2 Å². The van der Waals surface area contributed by atoms with E-state index in [1.165, 1.54) is 32.1 Å². The number of nitrogens with one attached hydrogen (secondary N) is 2. The second kappa shape index (κ2) is 9.47. The average Bonchev–Trinajstić information content (AvgIpc) is 2.79. The molecule has 0 saturated heterocycles. The van der Waals surface area contributed by atoms with Crippen LogP contribution < -0.4 is 10.6 Å². The Balaban J connectivity index is 1.70. The molecule has 1 fully saturated rings. The van der Waals surface area contributed by atoms with Gasteiger partial charge in [-0.25, -0.2) is 9.97 Å². The standard InChI is InChI=1S/C26H31N5O/c1-26(2,3)31-25(32)20-15-22(18-9-12-27-13-10-18)30-23(16-20)19-11-14-28-24(17-19)29-21-7-5-4-6-8-21/h9-17,21H,4-8H2,1-3H3,(H,28,29)(H,31,32). The van der Waals surface area contributed by atoms with E-state index in [0.717, 1.165) is 28.3 Å². The third-order valence-corrected chi connectivity index (χ3v) is 5.57. The summed E-state index contributed by atoms with van der Waals surface area (Å²) in [5.41, 5.74) is 3.58. The van der Waals surface area contributed by atoms with Gasteiger partial charge in [-0.3, -0.25) is 9.78 Å². The first-order valence-electron chi connectivity index (χ1n) is 11.4. The van der Waals surface area contributed by atoms with Crippen molar-refractivity contribution in [2.75, 3.05) is 5.32 Å². The van der Waals surface area contributed by atoms with Crippen LogP contribution in [0.1, 0.15) is 63.2 Å². The highest BCUT2D eigenvalue weighted by molar-refractivity contribution is 5.96. The Morgan fingerprint density at radius 1 is 0.906 bits per heavy atom. The fraction of sp³-hybridized carbons (Fsp3) is 0.385. The molecule has 2 N–H and O–H groups in total. The Kier molecular flexibility index (Phi) is 6.49. The van der Waals surface area contributed by atoms with Crippen molar-refractivity contribution in [1.82, 2.24) is 20.3 Å². The fourth-order valence-corrected chi connectivity index (χ4v) is 4.02. The van der Waals surface area contributed by atoms with Gasteiger partial charge in [0.1, 0.15) is 5.82 Å². The van der Waals surface area contributed by atoms with Gasteiger partial charge in [-0.2, -0.15) is 0 Å². The minimum atomic E-state index is -0.328. The predicted molar refractivity (Wildman–Crippen MR) is 128 cm³/mol. The highest BCUT2D eigenvalue weighted by Gasteiger charge is 2.18. The second-order valence-corrected chi connectivity index (χ2v) is 9.48. The molecule has 1 saturated carbocycles. The van der Waals surface area contributed by atoms with E-state index in [1.54, 1.807) is 18.6 Å². The molecule has 0 spiro atoms. The molecule has 0 unspecified atom stereocenters. The molecule has 0 atom stereocenters. The molecule has 6 nitrogen and oxygen atoms in total. The maximum Gasteiger partial charge on any atom is 0.251 e. The van der Waals surface area contributed by atoms with Crippen LogP contribution in [-0.4, -0.2) is 32.4 Å². The van der Waals surface area contributed by atoms with Crippen molar-refractivity contribution >= 4 is 11.7 Å². The number of aromatic nitrogens is 3. The molecular weight excluding hydrogens is 398 g/mol. The number of amides is 1. The number of hydrogen-bond acceptors (Lipinski definition) is 5. The number of nitrogens with zero attached hydrogens (tertiary/aromatic N) is 3. The fourth-order valence-electron chi connectivity index (χ4n) is 4.02. The van der Waals surface area contributed by atoms with Crippen molar-refractivity contribution < 1.29 is 4.79 Å². The van der Waals surface area contributed by atoms with E-state index in [0.29, 0.717) is 11.6 Å². The zero-order chi connectivity index (χ0) is 22.6. The predicted octanol–water partition coefficient (Wildman–Crippen LogP) is 5.48. The van der Waals surface area contributed by atoms with Crippen LogP contribution in [0, 0.1) is 0 Å². The summed E-state index contributed by atoms with van der Waals surface area (Å²) in [7, 11) is 0. The normalized spacial score (nSPS) is 14.7. The Hall–Kier alpha value is -3.28. The SMILES string of the molecule is CC(C)(C)NC(=O)c1cc(-c2ccncc2)nc(-c2ccnc(NC3CCCCC3)c2)c1. The van der Waals surface area contributed by atoms with E-state index in [-0.39, 0.29) is 11.4 Å². The van der Waals surface area contributed by atoms with Gasteiger partial charge >= 0.3 is 0 Å². The number of carbonyl (C=O) groups excluding carboxylic acids is 1. The molecule has 3 aromatic heterocycles. The van der Waals surface area contributed by atoms with Crippen LogP contribution in [0.5, 0.6) is 0 Å². The summed E-state index contributed by atoms with van der Waals surface area (Å²) in [6.07, 6.45) is 11.5. The van der Waals surface area contributed by atoms with Crippen LogP contribution in [0.2, 0.25) is 0 Å². The average molecular weight is 430 g/mol. The summed E-state index contributed by atoms with van der Waals surface area (Å²) in [5.74, 6) is 0.734. The number of rotatable bonds is 5. The lowest BCUT2D eigenvalue weighted by atomic mass is 9.95. The molecule has 1 amide bonds. The zero-order valence-corrected chi connectivity index (χ0v) is 19.1. The van der Waals surface area contributed by atoms with Gasteiger partial charge in [0.25, 0.3) is 5.91 Å². The molecule has 0 bridgehead atoms. The number of anilines is 1. The Labute approximate surface area is 189 Å². The molecule has 166 valence electrons. The molecule has 1 aliphatic carbocycles. The van der Waals surface area contributed by atoms with Crippen molar-refractivity contribution in [2.45, 2.75) is 64.5 Å². The summed E-state index contributed by atoms with van der Waals surface area (Å²) in [6.45, 7) is 5.93. The molecule has 0 aliphatic heterocycles. The van der Waals surface area contributed by atoms with E-state index in [9.17, 15) is 4.79 Å². The van der Waals surface area contributed by atoms with Gasteiger partial charge in [0.15, 0.2) is 0 Å². The molecule has 3 heterocycles. The Bertz CT molecular complexity index is 1070. The highest BCUT2D eigenvalue weighted by Crippen LogP contribution is 2.27. The van der Waals surface area contributed by atoms with Crippen LogP contribution in [0.4, 0.5) is 5.82 Å². The van der Waals surface area contributed by atoms with Crippen molar-refractivity contribution in [3.8, 4) is 22.5 Å². The van der Waals surface area contributed by atoms with Gasteiger partial charge in [0, 0.05) is 46.9 Å². The second-order valence-electron chi connectivity index (χ2n) is 9.48. The number of pyridine rings is 3. The van der Waals surface area contributed by atoms with Crippen molar-refractivity contribution in [1.29, 1.82) is 0 Å². The lowest BCUT2D eigenvalue weighted by molar-refractivity contribution is 0.0919. The molecule has 4 rings (SSSR count). The maximum atomic E-state index is 13.0. The molecule has 32 heavy (non-hydrogen) atoms. The molecule has 1 aliphatic rings. The summed E-state index contributed by atoms with van der Waals surface area (Å²) < 4.78 is 0. The van der Waals surface area contributed by atoms with E-state index < -0.39 is 0 Å². The first-order chi connectivity index (χ1) is 15.4. The van der Waals surface area contributed by atoms with Crippen molar-refractivity contribution in [3.63, 3.8) is 0 Å². The summed E-state index contributed by atoms with van der Waals surface area (Å²) in [4.78, 5) is 26.5. The van der Waals surface area contributed by atoms with Gasteiger partial charge in [0.05, 0.1) is 11.4 Å².